The van der Waals surface area contributed by atoms with Crippen molar-refractivity contribution >= 4 is 0 Å². The van der Waals surface area contributed by atoms with E-state index in [0.29, 0.717) is 6.42 Å². The molecule has 0 amide bonds. The van der Waals surface area contributed by atoms with E-state index >= 15 is 0 Å². The molecule has 70 valence electrons. The van der Waals surface area contributed by atoms with Crippen LogP contribution in [0.5, 0.6) is 5.75 Å². The molecule has 1 nitrogen and oxygen atoms in total. The van der Waals surface area contributed by atoms with E-state index in [0.717, 1.165) is 11.3 Å². The van der Waals surface area contributed by atoms with Gasteiger partial charge in [0.25, 0.3) is 0 Å². The highest BCUT2D eigenvalue weighted by Gasteiger charge is 1.97. The molecule has 1 aromatic rings. The number of para-hydroxylation sites is 1. The first kappa shape index (κ1) is 10.2. The van der Waals surface area contributed by atoms with Crippen LogP contribution in [0.25, 0.3) is 0 Å². The Balaban J connectivity index is 2.75. The zero-order valence-electron chi connectivity index (χ0n) is 8.42. The van der Waals surface area contributed by atoms with Gasteiger partial charge in [0, 0.05) is 12.0 Å². The van der Waals surface area contributed by atoms with Gasteiger partial charge in [-0.3, -0.25) is 0 Å². The van der Waals surface area contributed by atoms with Gasteiger partial charge in [-0.15, -0.1) is 0 Å². The van der Waals surface area contributed by atoms with Crippen LogP contribution in [0.4, 0.5) is 0 Å². The number of hydrogen-bond acceptors (Lipinski definition) is 1. The second-order valence-corrected chi connectivity index (χ2v) is 2.67. The molecule has 0 aliphatic heterocycles. The molecule has 0 spiro atoms. The molecule has 0 fully saturated rings. The zero-order valence-corrected chi connectivity index (χ0v) is 8.42. The van der Waals surface area contributed by atoms with Crippen molar-refractivity contribution in [2.24, 2.45) is 0 Å². The largest absolute Gasteiger partial charge is 0.496 e. The minimum Gasteiger partial charge on any atom is -0.496 e. The highest BCUT2D eigenvalue weighted by atomic mass is 16.5. The van der Waals surface area contributed by atoms with Gasteiger partial charge in [-0.1, -0.05) is 30.0 Å². The van der Waals surface area contributed by atoms with E-state index in [1.165, 1.54) is 0 Å². The molecule has 0 N–H and O–H groups in total. The van der Waals surface area contributed by atoms with Crippen molar-refractivity contribution in [2.45, 2.75) is 13.3 Å². The summed E-state index contributed by atoms with van der Waals surface area (Å²) < 4.78 is 5.20. The summed E-state index contributed by atoms with van der Waals surface area (Å²) >= 11 is 0. The third kappa shape index (κ3) is 2.88. The van der Waals surface area contributed by atoms with Crippen molar-refractivity contribution in [1.82, 2.24) is 0 Å². The van der Waals surface area contributed by atoms with Gasteiger partial charge in [0.1, 0.15) is 5.75 Å². The van der Waals surface area contributed by atoms with Crippen molar-refractivity contribution in [2.75, 3.05) is 7.11 Å². The lowest BCUT2D eigenvalue weighted by molar-refractivity contribution is 0.411. The van der Waals surface area contributed by atoms with Gasteiger partial charge in [-0.05, 0) is 24.8 Å². The highest BCUT2D eigenvalue weighted by Crippen LogP contribution is 2.16. The van der Waals surface area contributed by atoms with E-state index < -0.39 is 0 Å². The third-order valence-corrected chi connectivity index (χ3v) is 1.75. The van der Waals surface area contributed by atoms with E-state index in [4.69, 9.17) is 4.74 Å². The lowest BCUT2D eigenvalue weighted by atomic mass is 10.1. The maximum absolute atomic E-state index is 5.20. The van der Waals surface area contributed by atoms with Crippen molar-refractivity contribution in [1.29, 1.82) is 0 Å². The van der Waals surface area contributed by atoms with E-state index in [-0.39, 0.29) is 0 Å². The van der Waals surface area contributed by atoms with Crippen LogP contribution in [0.3, 0.4) is 0 Å². The molecule has 1 rings (SSSR count). The SMILES string of the molecule is CC#CC#CCc1ccccc1OC. The fourth-order valence-corrected chi connectivity index (χ4v) is 1.10. The molecular weight excluding hydrogens is 172 g/mol. The summed E-state index contributed by atoms with van der Waals surface area (Å²) in [6, 6.07) is 7.86. The number of methoxy groups -OCH3 is 1. The van der Waals surface area contributed by atoms with Gasteiger partial charge >= 0.3 is 0 Å². The minimum absolute atomic E-state index is 0.679. The summed E-state index contributed by atoms with van der Waals surface area (Å²) in [5.41, 5.74) is 1.10. The van der Waals surface area contributed by atoms with Crippen LogP contribution in [0, 0.1) is 23.7 Å². The van der Waals surface area contributed by atoms with Crippen LogP contribution in [0.1, 0.15) is 12.5 Å². The van der Waals surface area contributed by atoms with E-state index in [1.54, 1.807) is 14.0 Å². The van der Waals surface area contributed by atoms with Gasteiger partial charge in [0.15, 0.2) is 0 Å². The number of ether oxygens (including phenoxy) is 1. The summed E-state index contributed by atoms with van der Waals surface area (Å²) in [4.78, 5) is 0. The lowest BCUT2D eigenvalue weighted by Crippen LogP contribution is -1.89. The zero-order chi connectivity index (χ0) is 10.2. The molecule has 0 aliphatic carbocycles. The molecule has 1 aromatic carbocycles. The number of rotatable bonds is 2. The van der Waals surface area contributed by atoms with Crippen molar-refractivity contribution in [3.8, 4) is 29.4 Å². The minimum atomic E-state index is 0.679. The van der Waals surface area contributed by atoms with Gasteiger partial charge in [0.05, 0.1) is 7.11 Å². The fraction of sp³-hybridized carbons (Fsp3) is 0.231. The molecular formula is C13H12O. The van der Waals surface area contributed by atoms with Gasteiger partial charge in [0.2, 0.25) is 0 Å². The maximum Gasteiger partial charge on any atom is 0.123 e. The summed E-state index contributed by atoms with van der Waals surface area (Å²) in [5.74, 6) is 12.1. The molecule has 1 heteroatoms. The van der Waals surface area contributed by atoms with E-state index in [1.807, 2.05) is 24.3 Å². The van der Waals surface area contributed by atoms with Crippen molar-refractivity contribution < 1.29 is 4.74 Å². The van der Waals surface area contributed by atoms with Crippen LogP contribution in [0.15, 0.2) is 24.3 Å². The molecule has 0 aliphatic rings. The Morgan fingerprint density at radius 3 is 2.71 bits per heavy atom. The highest BCUT2D eigenvalue weighted by molar-refractivity contribution is 5.37. The normalized spacial score (nSPS) is 7.86. The first-order valence-corrected chi connectivity index (χ1v) is 4.40. The van der Waals surface area contributed by atoms with Gasteiger partial charge in [-0.2, -0.15) is 0 Å². The second-order valence-electron chi connectivity index (χ2n) is 2.67. The Kier molecular flexibility index (Phi) is 4.18. The van der Waals surface area contributed by atoms with E-state index in [2.05, 4.69) is 23.7 Å². The molecule has 0 bridgehead atoms. The quantitative estimate of drug-likeness (QED) is 0.641. The van der Waals surface area contributed by atoms with Crippen LogP contribution in [0.2, 0.25) is 0 Å². The summed E-state index contributed by atoms with van der Waals surface area (Å²) in [6.45, 7) is 1.78. The molecule has 0 saturated heterocycles. The van der Waals surface area contributed by atoms with Crippen LogP contribution < -0.4 is 4.74 Å². The monoisotopic (exact) mass is 184 g/mol. The smallest absolute Gasteiger partial charge is 0.123 e. The third-order valence-electron chi connectivity index (χ3n) is 1.75. The summed E-state index contributed by atoms with van der Waals surface area (Å²) in [5, 5.41) is 0. The van der Waals surface area contributed by atoms with Gasteiger partial charge in [-0.25, -0.2) is 0 Å². The van der Waals surface area contributed by atoms with Crippen molar-refractivity contribution in [3.63, 3.8) is 0 Å². The maximum atomic E-state index is 5.20. The first-order chi connectivity index (χ1) is 6.88. The molecule has 14 heavy (non-hydrogen) atoms. The van der Waals surface area contributed by atoms with Gasteiger partial charge < -0.3 is 4.74 Å². The van der Waals surface area contributed by atoms with Crippen LogP contribution in [-0.2, 0) is 6.42 Å². The Morgan fingerprint density at radius 1 is 1.21 bits per heavy atom. The Bertz CT molecular complexity index is 410. The Labute approximate surface area is 85.1 Å². The number of benzene rings is 1. The fourth-order valence-electron chi connectivity index (χ4n) is 1.10. The van der Waals surface area contributed by atoms with E-state index in [9.17, 15) is 0 Å². The summed E-state index contributed by atoms with van der Waals surface area (Å²) in [7, 11) is 1.66. The lowest BCUT2D eigenvalue weighted by Gasteiger charge is -2.03. The standard InChI is InChI=1S/C13H12O/c1-3-4-5-6-9-12-10-7-8-11-13(12)14-2/h7-8,10-11H,9H2,1-2H3. The predicted molar refractivity (Wildman–Crippen MR) is 57.9 cm³/mol. The second kappa shape index (κ2) is 5.73. The average molecular weight is 184 g/mol. The first-order valence-electron chi connectivity index (χ1n) is 4.40. The Hall–Kier alpha value is -1.86. The van der Waals surface area contributed by atoms with Crippen molar-refractivity contribution in [3.05, 3.63) is 29.8 Å². The summed E-state index contributed by atoms with van der Waals surface area (Å²) in [6.07, 6.45) is 0.679. The Morgan fingerprint density at radius 2 is 2.00 bits per heavy atom. The van der Waals surface area contributed by atoms with Crippen LogP contribution in [-0.4, -0.2) is 7.11 Å². The molecule has 0 radical (unpaired) electrons. The predicted octanol–water partition coefficient (Wildman–Crippen LogP) is 2.26. The molecule has 0 unspecified atom stereocenters. The molecule has 0 heterocycles. The van der Waals surface area contributed by atoms with Crippen LogP contribution >= 0.6 is 0 Å². The number of hydrogen-bond donors (Lipinski definition) is 0. The molecule has 0 atom stereocenters. The molecule has 0 saturated carbocycles. The molecule has 0 aromatic heterocycles. The average Bonchev–Trinajstić information content (AvgIpc) is 2.25. The topological polar surface area (TPSA) is 9.23 Å².